The van der Waals surface area contributed by atoms with Gasteiger partial charge in [0.05, 0.1) is 34.7 Å². The first-order valence-electron chi connectivity index (χ1n) is 10.2. The number of carboxylic acid groups (broad SMARTS) is 1. The molecule has 1 saturated carbocycles. The smallest absolute Gasteiger partial charge is 0.307 e. The molecule has 1 N–H and O–H groups in total. The van der Waals surface area contributed by atoms with Crippen LogP contribution in [0.2, 0.25) is 0 Å². The van der Waals surface area contributed by atoms with E-state index >= 15 is 0 Å². The molecule has 1 amide bonds. The van der Waals surface area contributed by atoms with Gasteiger partial charge in [-0.25, -0.2) is 17.2 Å². The zero-order valence-corrected chi connectivity index (χ0v) is 18.1. The van der Waals surface area contributed by atoms with E-state index in [1.54, 1.807) is 36.3 Å². The molecule has 0 spiro atoms. The van der Waals surface area contributed by atoms with Crippen LogP contribution < -0.4 is 0 Å². The number of aliphatic carboxylic acids is 1. The summed E-state index contributed by atoms with van der Waals surface area (Å²) < 4.78 is 55.3. The third-order valence-corrected chi connectivity index (χ3v) is 8.45. The van der Waals surface area contributed by atoms with Crippen LogP contribution in [0, 0.1) is 11.8 Å². The molecule has 1 aliphatic heterocycles. The molecular formula is C21H23F2N3O5S. The van der Waals surface area contributed by atoms with Crippen molar-refractivity contribution in [1.29, 1.82) is 0 Å². The highest BCUT2D eigenvalue weighted by Gasteiger charge is 2.51. The molecule has 11 heteroatoms. The Hall–Kier alpha value is -2.82. The summed E-state index contributed by atoms with van der Waals surface area (Å²) >= 11 is 0. The maximum atomic E-state index is 13.6. The number of rotatable bonds is 5. The van der Waals surface area contributed by atoms with Crippen LogP contribution >= 0.6 is 0 Å². The number of alkyl halides is 2. The number of carboxylic acids is 1. The molecule has 32 heavy (non-hydrogen) atoms. The summed E-state index contributed by atoms with van der Waals surface area (Å²) in [6.45, 7) is -0.932. The molecular weight excluding hydrogens is 444 g/mol. The summed E-state index contributed by atoms with van der Waals surface area (Å²) in [5, 5.41) is 12.6. The van der Waals surface area contributed by atoms with E-state index in [4.69, 9.17) is 0 Å². The predicted octanol–water partition coefficient (Wildman–Crippen LogP) is 2.21. The van der Waals surface area contributed by atoms with Gasteiger partial charge in [-0.3, -0.25) is 14.3 Å². The van der Waals surface area contributed by atoms with Crippen molar-refractivity contribution in [1.82, 2.24) is 14.7 Å². The van der Waals surface area contributed by atoms with E-state index in [-0.39, 0.29) is 24.3 Å². The summed E-state index contributed by atoms with van der Waals surface area (Å²) in [4.78, 5) is 25.6. The van der Waals surface area contributed by atoms with Crippen LogP contribution in [0.1, 0.15) is 19.3 Å². The van der Waals surface area contributed by atoms with E-state index in [0.717, 1.165) is 10.5 Å². The summed E-state index contributed by atoms with van der Waals surface area (Å²) in [5.74, 6) is -7.40. The normalized spacial score (nSPS) is 25.2. The van der Waals surface area contributed by atoms with Crippen LogP contribution in [0.5, 0.6) is 0 Å². The first kappa shape index (κ1) is 22.4. The number of hydrogen-bond donors (Lipinski definition) is 1. The minimum atomic E-state index is -3.95. The highest BCUT2D eigenvalue weighted by molar-refractivity contribution is 7.92. The summed E-state index contributed by atoms with van der Waals surface area (Å²) in [6, 6.07) is 6.26. The van der Waals surface area contributed by atoms with Gasteiger partial charge in [-0.15, -0.1) is 0 Å². The number of halogens is 2. The lowest BCUT2D eigenvalue weighted by Crippen LogP contribution is -2.39. The topological polar surface area (TPSA) is 110 Å². The molecule has 0 unspecified atom stereocenters. The van der Waals surface area contributed by atoms with Gasteiger partial charge in [-0.2, -0.15) is 5.10 Å². The van der Waals surface area contributed by atoms with Crippen LogP contribution in [-0.4, -0.2) is 64.3 Å². The van der Waals surface area contributed by atoms with Gasteiger partial charge in [0, 0.05) is 31.8 Å². The molecule has 8 nitrogen and oxygen atoms in total. The van der Waals surface area contributed by atoms with E-state index in [9.17, 15) is 31.9 Å². The van der Waals surface area contributed by atoms with Gasteiger partial charge in [0.15, 0.2) is 9.84 Å². The summed E-state index contributed by atoms with van der Waals surface area (Å²) in [5.41, 5.74) is 1.36. The second kappa shape index (κ2) is 7.95. The van der Waals surface area contributed by atoms with Crippen molar-refractivity contribution < 1.29 is 31.9 Å². The Kier molecular flexibility index (Phi) is 5.56. The lowest BCUT2D eigenvalue weighted by molar-refractivity contribution is -0.149. The van der Waals surface area contributed by atoms with E-state index in [1.165, 1.54) is 12.1 Å². The van der Waals surface area contributed by atoms with Crippen molar-refractivity contribution in [2.24, 2.45) is 18.9 Å². The van der Waals surface area contributed by atoms with Gasteiger partial charge in [-0.05, 0) is 30.5 Å². The van der Waals surface area contributed by atoms with Gasteiger partial charge in [0.1, 0.15) is 0 Å². The van der Waals surface area contributed by atoms with Crippen molar-refractivity contribution in [3.05, 3.63) is 36.7 Å². The number of amides is 1. The molecule has 2 aliphatic rings. The maximum absolute atomic E-state index is 13.6. The Morgan fingerprint density at radius 3 is 2.50 bits per heavy atom. The number of benzene rings is 1. The standard InChI is InChI=1S/C21H23F2N3O5S/c1-25-11-14(10-24-25)13-3-2-4-15(7-13)32(30,31)16-8-17(18(9-16)20(28)29)19(27)26-6-5-21(22,23)12-26/h2-4,7,10-11,16-18H,5-6,8-9,12H2,1H3,(H,28,29)/t16-,17-,18-/m1/s1. The predicted molar refractivity (Wildman–Crippen MR) is 110 cm³/mol. The lowest BCUT2D eigenvalue weighted by atomic mass is 9.95. The number of sulfone groups is 1. The Morgan fingerprint density at radius 1 is 1.19 bits per heavy atom. The lowest BCUT2D eigenvalue weighted by Gasteiger charge is -2.22. The average molecular weight is 467 g/mol. The van der Waals surface area contributed by atoms with Crippen molar-refractivity contribution in [2.75, 3.05) is 13.1 Å². The number of hydrogen-bond acceptors (Lipinski definition) is 5. The van der Waals surface area contributed by atoms with Crippen molar-refractivity contribution in [3.63, 3.8) is 0 Å². The monoisotopic (exact) mass is 467 g/mol. The molecule has 4 rings (SSSR count). The van der Waals surface area contributed by atoms with E-state index < -0.39 is 57.7 Å². The second-order valence-electron chi connectivity index (χ2n) is 8.49. The fraction of sp³-hybridized carbons (Fsp3) is 0.476. The molecule has 0 bridgehead atoms. The zero-order valence-electron chi connectivity index (χ0n) is 17.3. The van der Waals surface area contributed by atoms with Crippen LogP contribution in [0.3, 0.4) is 0 Å². The maximum Gasteiger partial charge on any atom is 0.307 e. The van der Waals surface area contributed by atoms with E-state index in [1.807, 2.05) is 0 Å². The number of aryl methyl sites for hydroxylation is 1. The Bertz CT molecular complexity index is 1160. The molecule has 172 valence electrons. The minimum Gasteiger partial charge on any atom is -0.481 e. The first-order valence-corrected chi connectivity index (χ1v) is 11.7. The second-order valence-corrected chi connectivity index (χ2v) is 10.7. The SMILES string of the molecule is Cn1cc(-c2cccc(S(=O)(=O)[C@H]3C[C@@H](C(=O)O)[C@H](C(=O)N4CCC(F)(F)C4)C3)c2)cn1. The molecule has 1 aromatic heterocycles. The highest BCUT2D eigenvalue weighted by atomic mass is 32.2. The Labute approximate surface area is 183 Å². The molecule has 1 aromatic carbocycles. The van der Waals surface area contributed by atoms with Crippen LogP contribution in [-0.2, 0) is 26.5 Å². The van der Waals surface area contributed by atoms with Crippen LogP contribution in [0.15, 0.2) is 41.6 Å². The fourth-order valence-corrected chi connectivity index (χ4v) is 6.43. The molecule has 3 atom stereocenters. The van der Waals surface area contributed by atoms with Gasteiger partial charge in [-0.1, -0.05) is 12.1 Å². The zero-order chi connectivity index (χ0) is 23.3. The number of carbonyl (C=O) groups excluding carboxylic acids is 1. The van der Waals surface area contributed by atoms with Crippen molar-refractivity contribution in [3.8, 4) is 11.1 Å². The summed E-state index contributed by atoms with van der Waals surface area (Å²) in [7, 11) is -2.21. The first-order chi connectivity index (χ1) is 15.0. The average Bonchev–Trinajstić information content (AvgIpc) is 3.45. The molecule has 2 heterocycles. The number of aromatic nitrogens is 2. The van der Waals surface area contributed by atoms with Crippen LogP contribution in [0.25, 0.3) is 11.1 Å². The van der Waals surface area contributed by atoms with E-state index in [0.29, 0.717) is 5.56 Å². The quantitative estimate of drug-likeness (QED) is 0.722. The highest BCUT2D eigenvalue weighted by Crippen LogP contribution is 2.41. The molecule has 2 fully saturated rings. The van der Waals surface area contributed by atoms with Gasteiger partial charge >= 0.3 is 5.97 Å². The largest absolute Gasteiger partial charge is 0.481 e. The molecule has 1 aliphatic carbocycles. The van der Waals surface area contributed by atoms with Crippen molar-refractivity contribution in [2.45, 2.75) is 35.3 Å². The van der Waals surface area contributed by atoms with Gasteiger partial charge in [0.25, 0.3) is 5.92 Å². The minimum absolute atomic E-state index is 0.0220. The van der Waals surface area contributed by atoms with E-state index in [2.05, 4.69) is 5.10 Å². The molecule has 2 aromatic rings. The van der Waals surface area contributed by atoms with Gasteiger partial charge < -0.3 is 10.0 Å². The summed E-state index contributed by atoms with van der Waals surface area (Å²) in [6.07, 6.45) is 2.41. The van der Waals surface area contributed by atoms with Crippen molar-refractivity contribution >= 4 is 21.7 Å². The van der Waals surface area contributed by atoms with Gasteiger partial charge in [0.2, 0.25) is 5.91 Å². The third kappa shape index (κ3) is 4.13. The molecule has 1 saturated heterocycles. The van der Waals surface area contributed by atoms with Crippen LogP contribution in [0.4, 0.5) is 8.78 Å². The fourth-order valence-electron chi connectivity index (χ4n) is 4.56. The molecule has 0 radical (unpaired) electrons. The number of nitrogens with zero attached hydrogens (tertiary/aromatic N) is 3. The Morgan fingerprint density at radius 2 is 1.91 bits per heavy atom. The Balaban J connectivity index is 1.59. The number of carbonyl (C=O) groups is 2. The number of likely N-dealkylation sites (tertiary alicyclic amines) is 1. The third-order valence-electron chi connectivity index (χ3n) is 6.27.